The summed E-state index contributed by atoms with van der Waals surface area (Å²) < 4.78 is 0. The molecule has 0 N–H and O–H groups in total. The Morgan fingerprint density at radius 1 is 0.297 bits per heavy atom. The van der Waals surface area contributed by atoms with Gasteiger partial charge in [-0.15, -0.1) is 0 Å². The van der Waals surface area contributed by atoms with Crippen LogP contribution in [0.3, 0.4) is 0 Å². The van der Waals surface area contributed by atoms with E-state index >= 15 is 0 Å². The van der Waals surface area contributed by atoms with Crippen LogP contribution in [0, 0.1) is 0 Å². The van der Waals surface area contributed by atoms with Crippen molar-refractivity contribution in [3.05, 3.63) is 259 Å². The number of benzene rings is 9. The van der Waals surface area contributed by atoms with E-state index in [-0.39, 0.29) is 12.0 Å². The zero-order chi connectivity index (χ0) is 42.4. The van der Waals surface area contributed by atoms with Gasteiger partial charge in [-0.2, -0.15) is 0 Å². The van der Waals surface area contributed by atoms with Gasteiger partial charge >= 0.3 is 0 Å². The Balaban J connectivity index is 1.05. The Morgan fingerprint density at radius 3 is 1.34 bits per heavy atom. The lowest BCUT2D eigenvalue weighted by Crippen LogP contribution is -2.22. The quantitative estimate of drug-likeness (QED) is 0.160. The Bertz CT molecular complexity index is 3180. The first-order valence-electron chi connectivity index (χ1n) is 22.0. The number of fused-ring (bicyclic) bond motifs is 7. The highest BCUT2D eigenvalue weighted by atomic mass is 15.2. The van der Waals surface area contributed by atoms with Gasteiger partial charge < -0.3 is 9.80 Å². The molecule has 9 aromatic carbocycles. The third kappa shape index (κ3) is 6.56. The van der Waals surface area contributed by atoms with Gasteiger partial charge in [0.2, 0.25) is 0 Å². The van der Waals surface area contributed by atoms with Crippen molar-refractivity contribution in [1.82, 2.24) is 9.97 Å². The maximum Gasteiger partial charge on any atom is 0.160 e. The van der Waals surface area contributed by atoms with Crippen molar-refractivity contribution in [3.8, 4) is 56.2 Å². The lowest BCUT2D eigenvalue weighted by Gasteiger charge is -2.32. The average Bonchev–Trinajstić information content (AvgIpc) is 3.66. The molecule has 4 heteroatoms. The second kappa shape index (κ2) is 15.8. The SMILES string of the molecule is c1ccc(-c2cc(-c3ccccc3)cc(N3c4ccccc4C4c5ccccc5N(c5cccc(-c6cc(-c7ccccc7)nc(-c7ccccc7)n6)c5)C4c4ccccc43)c2)cc1. The Morgan fingerprint density at radius 2 is 0.734 bits per heavy atom. The minimum absolute atomic E-state index is 0.0431. The molecule has 0 fully saturated rings. The molecule has 2 aliphatic rings. The van der Waals surface area contributed by atoms with Crippen LogP contribution in [0.5, 0.6) is 0 Å². The molecule has 2 unspecified atom stereocenters. The van der Waals surface area contributed by atoms with Crippen LogP contribution >= 0.6 is 0 Å². The lowest BCUT2D eigenvalue weighted by molar-refractivity contribution is 0.665. The summed E-state index contributed by atoms with van der Waals surface area (Å²) in [6.07, 6.45) is 0. The summed E-state index contributed by atoms with van der Waals surface area (Å²) in [5, 5.41) is 0. The van der Waals surface area contributed by atoms with Crippen LogP contribution in [0.25, 0.3) is 56.2 Å². The second-order valence-electron chi connectivity index (χ2n) is 16.5. The third-order valence-electron chi connectivity index (χ3n) is 12.8. The highest BCUT2D eigenvalue weighted by molar-refractivity contribution is 5.91. The summed E-state index contributed by atoms with van der Waals surface area (Å²) in [4.78, 5) is 15.4. The minimum Gasteiger partial charge on any atom is -0.333 e. The van der Waals surface area contributed by atoms with E-state index < -0.39 is 0 Å². The first-order valence-corrected chi connectivity index (χ1v) is 22.0. The highest BCUT2D eigenvalue weighted by Crippen LogP contribution is 2.61. The van der Waals surface area contributed by atoms with Gasteiger partial charge in [0.15, 0.2) is 5.82 Å². The predicted molar refractivity (Wildman–Crippen MR) is 264 cm³/mol. The van der Waals surface area contributed by atoms with E-state index in [0.717, 1.165) is 45.1 Å². The van der Waals surface area contributed by atoms with Gasteiger partial charge in [-0.05, 0) is 93.5 Å². The van der Waals surface area contributed by atoms with Crippen molar-refractivity contribution in [2.45, 2.75) is 12.0 Å². The number of rotatable bonds is 7. The van der Waals surface area contributed by atoms with E-state index in [0.29, 0.717) is 5.82 Å². The average molecular weight is 819 g/mol. The molecular formula is C60H42N4. The molecule has 0 radical (unpaired) electrons. The van der Waals surface area contributed by atoms with Gasteiger partial charge in [0.05, 0.1) is 28.8 Å². The molecule has 2 aliphatic heterocycles. The fraction of sp³-hybridized carbons (Fsp3) is 0.0333. The summed E-state index contributed by atoms with van der Waals surface area (Å²) in [7, 11) is 0. The molecule has 0 spiro atoms. The number of nitrogens with zero attached hydrogens (tertiary/aromatic N) is 4. The standard InChI is InChI=1S/C60H42N4/c1-5-20-41(21-6-1)46-36-47(42-22-7-2-8-23-42)39-49(38-46)63-55-33-16-13-30-50(55)58-51-31-14-17-34-56(51)64(59(58)52-32-15-18-35-57(52)63)48-29-19-28-45(37-48)54-40-53(43-24-9-3-10-25-43)61-60(62-54)44-26-11-4-12-27-44/h1-40,58-59H. The van der Waals surface area contributed by atoms with Crippen molar-refractivity contribution in [2.75, 3.05) is 9.80 Å². The number of aromatic nitrogens is 2. The van der Waals surface area contributed by atoms with Crippen LogP contribution in [-0.2, 0) is 0 Å². The number of hydrogen-bond donors (Lipinski definition) is 0. The third-order valence-corrected chi connectivity index (χ3v) is 12.8. The predicted octanol–water partition coefficient (Wildman–Crippen LogP) is 15.6. The van der Waals surface area contributed by atoms with Crippen LogP contribution in [0.2, 0.25) is 0 Å². The number of anilines is 5. The van der Waals surface area contributed by atoms with Gasteiger partial charge in [-0.1, -0.05) is 188 Å². The van der Waals surface area contributed by atoms with Crippen molar-refractivity contribution < 1.29 is 0 Å². The molecule has 10 aromatic rings. The Kier molecular flexibility index (Phi) is 9.27. The zero-order valence-electron chi connectivity index (χ0n) is 35.0. The zero-order valence-corrected chi connectivity index (χ0v) is 35.0. The van der Waals surface area contributed by atoms with Gasteiger partial charge in [0.1, 0.15) is 0 Å². The topological polar surface area (TPSA) is 32.3 Å². The van der Waals surface area contributed by atoms with E-state index in [1.54, 1.807) is 0 Å². The molecule has 0 saturated carbocycles. The molecule has 0 amide bonds. The normalized spacial score (nSPS) is 14.8. The van der Waals surface area contributed by atoms with E-state index in [1.807, 2.05) is 24.3 Å². The van der Waals surface area contributed by atoms with Gasteiger partial charge in [-0.25, -0.2) is 9.97 Å². The summed E-state index contributed by atoms with van der Waals surface area (Å²) in [5.74, 6) is 0.747. The molecule has 1 aromatic heterocycles. The molecule has 12 rings (SSSR count). The fourth-order valence-electron chi connectivity index (χ4n) is 9.92. The maximum atomic E-state index is 5.24. The summed E-state index contributed by atoms with van der Waals surface area (Å²) in [6.45, 7) is 0. The summed E-state index contributed by atoms with van der Waals surface area (Å²) in [6, 6.07) is 87.3. The van der Waals surface area contributed by atoms with Crippen LogP contribution < -0.4 is 9.80 Å². The fourth-order valence-corrected chi connectivity index (χ4v) is 9.92. The summed E-state index contributed by atoms with van der Waals surface area (Å²) >= 11 is 0. The van der Waals surface area contributed by atoms with Gasteiger partial charge in [0.25, 0.3) is 0 Å². The van der Waals surface area contributed by atoms with Crippen LogP contribution in [-0.4, -0.2) is 9.97 Å². The molecule has 0 saturated heterocycles. The van der Waals surface area contributed by atoms with E-state index in [4.69, 9.17) is 9.97 Å². The number of hydrogen-bond acceptors (Lipinski definition) is 4. The molecule has 64 heavy (non-hydrogen) atoms. The molecule has 3 heterocycles. The molecule has 0 aliphatic carbocycles. The van der Waals surface area contributed by atoms with Crippen LogP contribution in [0.4, 0.5) is 28.4 Å². The highest BCUT2D eigenvalue weighted by Gasteiger charge is 2.46. The van der Waals surface area contributed by atoms with E-state index in [1.165, 1.54) is 50.3 Å². The largest absolute Gasteiger partial charge is 0.333 e. The molecule has 302 valence electrons. The van der Waals surface area contributed by atoms with Gasteiger partial charge in [-0.3, -0.25) is 0 Å². The first kappa shape index (κ1) is 37.4. The Labute approximate surface area is 374 Å². The van der Waals surface area contributed by atoms with Crippen LogP contribution in [0.15, 0.2) is 243 Å². The van der Waals surface area contributed by atoms with Crippen molar-refractivity contribution in [1.29, 1.82) is 0 Å². The number of para-hydroxylation sites is 3. The monoisotopic (exact) mass is 818 g/mol. The van der Waals surface area contributed by atoms with Crippen LogP contribution in [0.1, 0.15) is 28.7 Å². The van der Waals surface area contributed by atoms with E-state index in [2.05, 4.69) is 228 Å². The second-order valence-corrected chi connectivity index (χ2v) is 16.5. The van der Waals surface area contributed by atoms with Crippen molar-refractivity contribution >= 4 is 28.4 Å². The molecule has 0 bridgehead atoms. The van der Waals surface area contributed by atoms with Crippen molar-refractivity contribution in [2.24, 2.45) is 0 Å². The Hall–Kier alpha value is -8.34. The minimum atomic E-state index is -0.0499. The molecule has 2 atom stereocenters. The first-order chi connectivity index (χ1) is 31.7. The summed E-state index contributed by atoms with van der Waals surface area (Å²) in [5.41, 5.74) is 19.2. The maximum absolute atomic E-state index is 5.24. The van der Waals surface area contributed by atoms with Gasteiger partial charge in [0, 0.05) is 39.7 Å². The van der Waals surface area contributed by atoms with E-state index in [9.17, 15) is 0 Å². The lowest BCUT2D eigenvalue weighted by atomic mass is 9.84. The smallest absolute Gasteiger partial charge is 0.160 e. The molecular weight excluding hydrogens is 777 g/mol. The van der Waals surface area contributed by atoms with Crippen molar-refractivity contribution in [3.63, 3.8) is 0 Å². The molecule has 4 nitrogen and oxygen atoms in total.